The van der Waals surface area contributed by atoms with Crippen molar-refractivity contribution in [2.24, 2.45) is 0 Å². The Morgan fingerprint density at radius 1 is 1.47 bits per heavy atom. The van der Waals surface area contributed by atoms with Gasteiger partial charge in [-0.05, 0) is 12.1 Å². The summed E-state index contributed by atoms with van der Waals surface area (Å²) >= 11 is 0. The van der Waals surface area contributed by atoms with Gasteiger partial charge in [-0.2, -0.15) is 13.2 Å². The van der Waals surface area contributed by atoms with Crippen molar-refractivity contribution in [3.63, 3.8) is 0 Å². The molecule has 17 heavy (non-hydrogen) atoms. The Labute approximate surface area is 94.1 Å². The molecular formula is C10H8F3NO3. The van der Waals surface area contributed by atoms with Crippen molar-refractivity contribution < 1.29 is 23.2 Å². The molecule has 0 aliphatic carbocycles. The van der Waals surface area contributed by atoms with Crippen LogP contribution in [0.2, 0.25) is 0 Å². The molecule has 0 heterocycles. The maximum atomic E-state index is 12.4. The number of hydrogen-bond donors (Lipinski definition) is 1. The third-order valence-electron chi connectivity index (χ3n) is 2.09. The highest BCUT2D eigenvalue weighted by atomic mass is 19.4. The zero-order valence-electron chi connectivity index (χ0n) is 8.44. The molecule has 1 atom stereocenters. The molecule has 1 unspecified atom stereocenters. The van der Waals surface area contributed by atoms with Crippen LogP contribution in [-0.2, 0) is 6.18 Å². The summed E-state index contributed by atoms with van der Waals surface area (Å²) in [4.78, 5) is 9.72. The average molecular weight is 247 g/mol. The Bertz CT molecular complexity index is 457. The van der Waals surface area contributed by atoms with Crippen molar-refractivity contribution >= 4 is 5.69 Å². The van der Waals surface area contributed by atoms with Crippen molar-refractivity contribution in [3.8, 4) is 0 Å². The van der Waals surface area contributed by atoms with E-state index in [9.17, 15) is 28.4 Å². The molecule has 0 bridgehead atoms. The van der Waals surface area contributed by atoms with Crippen LogP contribution < -0.4 is 0 Å². The Kier molecular flexibility index (Phi) is 3.52. The van der Waals surface area contributed by atoms with Crippen LogP contribution in [0.1, 0.15) is 17.2 Å². The summed E-state index contributed by atoms with van der Waals surface area (Å²) in [6, 6.07) is 1.85. The first-order valence-electron chi connectivity index (χ1n) is 4.43. The lowest BCUT2D eigenvalue weighted by Crippen LogP contribution is -2.08. The topological polar surface area (TPSA) is 63.4 Å². The molecule has 1 N–H and O–H groups in total. The second-order valence-electron chi connectivity index (χ2n) is 3.21. The van der Waals surface area contributed by atoms with E-state index >= 15 is 0 Å². The quantitative estimate of drug-likeness (QED) is 0.507. The predicted octanol–water partition coefficient (Wildman–Crippen LogP) is 2.83. The zero-order chi connectivity index (χ0) is 13.2. The molecule has 4 nitrogen and oxygen atoms in total. The van der Waals surface area contributed by atoms with E-state index in [4.69, 9.17) is 0 Å². The van der Waals surface area contributed by atoms with E-state index in [2.05, 4.69) is 6.58 Å². The fraction of sp³-hybridized carbons (Fsp3) is 0.200. The van der Waals surface area contributed by atoms with Gasteiger partial charge in [0.05, 0.1) is 16.1 Å². The Morgan fingerprint density at radius 3 is 2.47 bits per heavy atom. The van der Waals surface area contributed by atoms with Crippen molar-refractivity contribution in [3.05, 3.63) is 52.1 Å². The maximum absolute atomic E-state index is 12.4. The molecule has 0 fully saturated rings. The van der Waals surface area contributed by atoms with Crippen LogP contribution >= 0.6 is 0 Å². The highest BCUT2D eigenvalue weighted by Gasteiger charge is 2.33. The fourth-order valence-electron chi connectivity index (χ4n) is 1.26. The van der Waals surface area contributed by atoms with Crippen LogP contribution in [0.15, 0.2) is 30.9 Å². The smallest absolute Gasteiger partial charge is 0.384 e. The summed E-state index contributed by atoms with van der Waals surface area (Å²) in [5.41, 5.74) is -2.07. The summed E-state index contributed by atoms with van der Waals surface area (Å²) in [6.07, 6.45) is -5.22. The van der Waals surface area contributed by atoms with E-state index in [0.717, 1.165) is 6.08 Å². The van der Waals surface area contributed by atoms with E-state index < -0.39 is 34.0 Å². The predicted molar refractivity (Wildman–Crippen MR) is 53.3 cm³/mol. The first kappa shape index (κ1) is 13.2. The van der Waals surface area contributed by atoms with Gasteiger partial charge in [0.25, 0.3) is 5.69 Å². The maximum Gasteiger partial charge on any atom is 0.416 e. The highest BCUT2D eigenvalue weighted by Crippen LogP contribution is 2.34. The van der Waals surface area contributed by atoms with Crippen LogP contribution in [0.4, 0.5) is 18.9 Å². The highest BCUT2D eigenvalue weighted by molar-refractivity contribution is 5.46. The molecule has 0 amide bonds. The number of halogens is 3. The number of alkyl halides is 3. The third-order valence-corrected chi connectivity index (χ3v) is 2.09. The summed E-state index contributed by atoms with van der Waals surface area (Å²) in [6.45, 7) is 3.18. The molecule has 0 saturated carbocycles. The lowest BCUT2D eigenvalue weighted by molar-refractivity contribution is -0.386. The molecular weight excluding hydrogens is 239 g/mol. The lowest BCUT2D eigenvalue weighted by Gasteiger charge is -2.11. The van der Waals surface area contributed by atoms with Gasteiger partial charge in [-0.25, -0.2) is 0 Å². The minimum absolute atomic E-state index is 0.431. The van der Waals surface area contributed by atoms with Gasteiger partial charge in [0.15, 0.2) is 0 Å². The van der Waals surface area contributed by atoms with Crippen LogP contribution in [0.25, 0.3) is 0 Å². The molecule has 92 valence electrons. The third kappa shape index (κ3) is 2.82. The molecule has 0 aliphatic rings. The zero-order valence-corrected chi connectivity index (χ0v) is 8.44. The van der Waals surface area contributed by atoms with E-state index in [-0.39, 0.29) is 0 Å². The number of benzene rings is 1. The minimum atomic E-state index is -4.62. The molecule has 0 radical (unpaired) electrons. The molecule has 1 aromatic rings. The molecule has 1 rings (SSSR count). The van der Waals surface area contributed by atoms with Gasteiger partial charge in [-0.1, -0.05) is 6.08 Å². The van der Waals surface area contributed by atoms with Crippen molar-refractivity contribution in [1.82, 2.24) is 0 Å². The number of rotatable bonds is 3. The Balaban J connectivity index is 3.39. The van der Waals surface area contributed by atoms with E-state index in [1.165, 1.54) is 0 Å². The van der Waals surface area contributed by atoms with Gasteiger partial charge in [0.2, 0.25) is 0 Å². The van der Waals surface area contributed by atoms with Crippen molar-refractivity contribution in [1.29, 1.82) is 0 Å². The summed E-state index contributed by atoms with van der Waals surface area (Å²) in [7, 11) is 0. The molecule has 0 spiro atoms. The van der Waals surface area contributed by atoms with Crippen LogP contribution in [-0.4, -0.2) is 10.0 Å². The Hall–Kier alpha value is -1.89. The summed E-state index contributed by atoms with van der Waals surface area (Å²) in [5, 5.41) is 19.9. The van der Waals surface area contributed by atoms with Gasteiger partial charge < -0.3 is 5.11 Å². The molecule has 1 aromatic carbocycles. The van der Waals surface area contributed by atoms with Crippen molar-refractivity contribution in [2.75, 3.05) is 0 Å². The summed E-state index contributed by atoms with van der Waals surface area (Å²) < 4.78 is 37.2. The normalized spacial score (nSPS) is 13.2. The van der Waals surface area contributed by atoms with Gasteiger partial charge in [-0.3, -0.25) is 10.1 Å². The largest absolute Gasteiger partial charge is 0.416 e. The minimum Gasteiger partial charge on any atom is -0.384 e. The van der Waals surface area contributed by atoms with Gasteiger partial charge in [0.1, 0.15) is 6.10 Å². The van der Waals surface area contributed by atoms with E-state index in [0.29, 0.717) is 18.2 Å². The number of aliphatic hydroxyl groups is 1. The number of aliphatic hydroxyl groups excluding tert-OH is 1. The van der Waals surface area contributed by atoms with Gasteiger partial charge in [0, 0.05) is 6.07 Å². The van der Waals surface area contributed by atoms with Crippen LogP contribution in [0, 0.1) is 10.1 Å². The first-order chi connectivity index (χ1) is 7.77. The van der Waals surface area contributed by atoms with E-state index in [1.54, 1.807) is 0 Å². The average Bonchev–Trinajstić information content (AvgIpc) is 2.25. The molecule has 0 aliphatic heterocycles. The van der Waals surface area contributed by atoms with Gasteiger partial charge >= 0.3 is 6.18 Å². The molecule has 0 saturated heterocycles. The number of hydrogen-bond acceptors (Lipinski definition) is 3. The standard InChI is InChI=1S/C10H8F3NO3/c1-2-9(15)7-5-6(10(11,12)13)3-4-8(7)14(16)17/h2-5,9,15H,1H2. The molecule has 7 heteroatoms. The van der Waals surface area contributed by atoms with Crippen LogP contribution in [0.3, 0.4) is 0 Å². The molecule has 0 aromatic heterocycles. The fourth-order valence-corrected chi connectivity index (χ4v) is 1.26. The first-order valence-corrected chi connectivity index (χ1v) is 4.43. The Morgan fingerprint density at radius 2 is 2.06 bits per heavy atom. The van der Waals surface area contributed by atoms with Gasteiger partial charge in [-0.15, -0.1) is 6.58 Å². The number of nitro benzene ring substituents is 1. The monoisotopic (exact) mass is 247 g/mol. The van der Waals surface area contributed by atoms with E-state index in [1.807, 2.05) is 0 Å². The summed E-state index contributed by atoms with van der Waals surface area (Å²) in [5.74, 6) is 0. The van der Waals surface area contributed by atoms with Crippen LogP contribution in [0.5, 0.6) is 0 Å². The lowest BCUT2D eigenvalue weighted by atomic mass is 10.0. The van der Waals surface area contributed by atoms with Crippen molar-refractivity contribution in [2.45, 2.75) is 12.3 Å². The number of nitro groups is 1. The second-order valence-corrected chi connectivity index (χ2v) is 3.21. The second kappa shape index (κ2) is 4.54. The number of nitrogens with zero attached hydrogens (tertiary/aromatic N) is 1. The SMILES string of the molecule is C=CC(O)c1cc(C(F)(F)F)ccc1[N+](=O)[O-].